The van der Waals surface area contributed by atoms with Crippen LogP contribution < -0.4 is 11.1 Å². The van der Waals surface area contributed by atoms with Crippen molar-refractivity contribution in [3.63, 3.8) is 0 Å². The van der Waals surface area contributed by atoms with Crippen LogP contribution in [0.3, 0.4) is 0 Å². The zero-order valence-corrected chi connectivity index (χ0v) is 14.1. The van der Waals surface area contributed by atoms with Crippen LogP contribution in [0.5, 0.6) is 0 Å². The zero-order chi connectivity index (χ0) is 13.1. The molecule has 1 amide bonds. The van der Waals surface area contributed by atoms with Gasteiger partial charge < -0.3 is 16.0 Å². The first-order valence-corrected chi connectivity index (χ1v) is 7.13. The lowest BCUT2D eigenvalue weighted by atomic mass is 9.99. The molecular formula is C12H22Cl2N4OS. The van der Waals surface area contributed by atoms with Crippen LogP contribution in [-0.4, -0.2) is 41.5 Å². The Bertz CT molecular complexity index is 429. The van der Waals surface area contributed by atoms with Crippen molar-refractivity contribution in [3.8, 4) is 0 Å². The molecule has 0 bridgehead atoms. The van der Waals surface area contributed by atoms with E-state index in [4.69, 9.17) is 5.73 Å². The first-order valence-electron chi connectivity index (χ1n) is 6.25. The maximum Gasteiger partial charge on any atom is 0.270 e. The number of carbonyl (C=O) groups excluding carboxylic acids is 1. The van der Waals surface area contributed by atoms with Crippen molar-refractivity contribution in [1.82, 2.24) is 15.2 Å². The molecule has 20 heavy (non-hydrogen) atoms. The van der Waals surface area contributed by atoms with Crippen molar-refractivity contribution in [1.29, 1.82) is 0 Å². The van der Waals surface area contributed by atoms with Crippen LogP contribution >= 0.6 is 36.2 Å². The van der Waals surface area contributed by atoms with Crippen LogP contribution in [0.1, 0.15) is 35.3 Å². The van der Waals surface area contributed by atoms with E-state index in [0.717, 1.165) is 24.4 Å². The van der Waals surface area contributed by atoms with E-state index in [9.17, 15) is 4.79 Å². The molecule has 1 aromatic rings. The number of thiazole rings is 1. The van der Waals surface area contributed by atoms with E-state index in [2.05, 4.69) is 29.2 Å². The number of nitrogens with one attached hydrogen (secondary N) is 1. The normalized spacial score (nSPS) is 22.6. The third kappa shape index (κ3) is 4.86. The summed E-state index contributed by atoms with van der Waals surface area (Å²) in [5, 5.41) is 5.64. The fourth-order valence-corrected chi connectivity index (χ4v) is 2.84. The summed E-state index contributed by atoms with van der Waals surface area (Å²) in [7, 11) is 2.12. The number of piperidine rings is 1. The van der Waals surface area contributed by atoms with Gasteiger partial charge in [0.15, 0.2) is 0 Å². The molecule has 0 aliphatic carbocycles. The van der Waals surface area contributed by atoms with Gasteiger partial charge in [-0.25, -0.2) is 4.98 Å². The standard InChI is InChI=1S/C12H20N4OS.2ClH/c1-8-5-9(3-4-16(8)2)14-12(17)10-7-18-11(6-13)15-10;;/h7-9H,3-6,13H2,1-2H3,(H,14,17);2*1H. The fourth-order valence-electron chi connectivity index (χ4n) is 2.19. The number of hydrogen-bond donors (Lipinski definition) is 2. The molecule has 0 spiro atoms. The molecule has 3 N–H and O–H groups in total. The number of nitrogens with two attached hydrogens (primary N) is 1. The number of carbonyl (C=O) groups is 1. The fraction of sp³-hybridized carbons (Fsp3) is 0.667. The molecule has 0 saturated carbocycles. The van der Waals surface area contributed by atoms with Crippen LogP contribution in [0, 0.1) is 0 Å². The van der Waals surface area contributed by atoms with Gasteiger partial charge in [0.1, 0.15) is 10.7 Å². The highest BCUT2D eigenvalue weighted by molar-refractivity contribution is 7.09. The molecule has 1 aromatic heterocycles. The van der Waals surface area contributed by atoms with Crippen molar-refractivity contribution < 1.29 is 4.79 Å². The highest BCUT2D eigenvalue weighted by atomic mass is 35.5. The third-order valence-corrected chi connectivity index (χ3v) is 4.37. The lowest BCUT2D eigenvalue weighted by Gasteiger charge is -2.35. The predicted molar refractivity (Wildman–Crippen MR) is 87.1 cm³/mol. The molecule has 2 heterocycles. The van der Waals surface area contributed by atoms with Gasteiger partial charge in [-0.3, -0.25) is 4.79 Å². The van der Waals surface area contributed by atoms with Crippen molar-refractivity contribution in [2.45, 2.75) is 38.4 Å². The second-order valence-electron chi connectivity index (χ2n) is 4.86. The van der Waals surface area contributed by atoms with Gasteiger partial charge in [-0.2, -0.15) is 0 Å². The summed E-state index contributed by atoms with van der Waals surface area (Å²) in [6.07, 6.45) is 2.00. The van der Waals surface area contributed by atoms with Gasteiger partial charge in [-0.1, -0.05) is 0 Å². The van der Waals surface area contributed by atoms with Crippen molar-refractivity contribution >= 4 is 42.1 Å². The van der Waals surface area contributed by atoms with E-state index in [-0.39, 0.29) is 36.8 Å². The first kappa shape index (κ1) is 19.6. The van der Waals surface area contributed by atoms with E-state index in [1.54, 1.807) is 5.38 Å². The van der Waals surface area contributed by atoms with Gasteiger partial charge >= 0.3 is 0 Å². The highest BCUT2D eigenvalue weighted by Gasteiger charge is 2.24. The Labute approximate surface area is 136 Å². The Morgan fingerprint density at radius 3 is 2.85 bits per heavy atom. The van der Waals surface area contributed by atoms with Gasteiger partial charge in [0, 0.05) is 30.6 Å². The molecule has 2 rings (SSSR count). The lowest BCUT2D eigenvalue weighted by molar-refractivity contribution is 0.0892. The maximum atomic E-state index is 12.0. The number of nitrogens with zero attached hydrogens (tertiary/aromatic N) is 2. The molecule has 2 unspecified atom stereocenters. The summed E-state index contributed by atoms with van der Waals surface area (Å²) >= 11 is 1.44. The van der Waals surface area contributed by atoms with Crippen LogP contribution in [0.4, 0.5) is 0 Å². The highest BCUT2D eigenvalue weighted by Crippen LogP contribution is 2.16. The predicted octanol–water partition coefficient (Wildman–Crippen LogP) is 1.66. The molecule has 8 heteroatoms. The van der Waals surface area contributed by atoms with Gasteiger partial charge in [0.05, 0.1) is 0 Å². The quantitative estimate of drug-likeness (QED) is 0.877. The van der Waals surface area contributed by atoms with Crippen LogP contribution in [0.25, 0.3) is 0 Å². The molecule has 0 radical (unpaired) electrons. The van der Waals surface area contributed by atoms with Crippen LogP contribution in [0.15, 0.2) is 5.38 Å². The largest absolute Gasteiger partial charge is 0.348 e. The van der Waals surface area contributed by atoms with Gasteiger partial charge in [-0.05, 0) is 26.8 Å². The Morgan fingerprint density at radius 2 is 2.30 bits per heavy atom. The first-order chi connectivity index (χ1) is 8.60. The minimum Gasteiger partial charge on any atom is -0.348 e. The molecular weight excluding hydrogens is 319 g/mol. The summed E-state index contributed by atoms with van der Waals surface area (Å²) in [5.74, 6) is -0.0762. The minimum absolute atomic E-state index is 0. The average molecular weight is 341 g/mol. The number of amides is 1. The second-order valence-corrected chi connectivity index (χ2v) is 5.80. The van der Waals surface area contributed by atoms with Crippen LogP contribution in [0.2, 0.25) is 0 Å². The summed E-state index contributed by atoms with van der Waals surface area (Å²) in [6, 6.07) is 0.769. The smallest absolute Gasteiger partial charge is 0.270 e. The Morgan fingerprint density at radius 1 is 1.60 bits per heavy atom. The number of aromatic nitrogens is 1. The summed E-state index contributed by atoms with van der Waals surface area (Å²) < 4.78 is 0. The van der Waals surface area contributed by atoms with Gasteiger partial charge in [0.25, 0.3) is 5.91 Å². The number of hydrogen-bond acceptors (Lipinski definition) is 5. The van der Waals surface area contributed by atoms with E-state index in [1.165, 1.54) is 11.3 Å². The Hall–Kier alpha value is -0.400. The number of rotatable bonds is 3. The van der Waals surface area contributed by atoms with Gasteiger partial charge in [0.2, 0.25) is 0 Å². The SMILES string of the molecule is CC1CC(NC(=O)c2csc(CN)n2)CCN1C.Cl.Cl. The van der Waals surface area contributed by atoms with Crippen molar-refractivity contribution in [2.24, 2.45) is 5.73 Å². The minimum atomic E-state index is -0.0762. The van der Waals surface area contributed by atoms with Crippen molar-refractivity contribution in [3.05, 3.63) is 16.1 Å². The zero-order valence-electron chi connectivity index (χ0n) is 11.7. The summed E-state index contributed by atoms with van der Waals surface area (Å²) in [6.45, 7) is 3.61. The molecule has 1 aliphatic rings. The molecule has 5 nitrogen and oxygen atoms in total. The third-order valence-electron chi connectivity index (χ3n) is 3.50. The maximum absolute atomic E-state index is 12.0. The van der Waals surface area contributed by atoms with Crippen LogP contribution in [-0.2, 0) is 6.54 Å². The number of halogens is 2. The lowest BCUT2D eigenvalue weighted by Crippen LogP contribution is -2.47. The average Bonchev–Trinajstić information content (AvgIpc) is 2.82. The molecule has 0 aromatic carbocycles. The Kier molecular flexibility index (Phi) is 8.62. The second kappa shape index (κ2) is 8.79. The molecule has 2 atom stereocenters. The molecule has 1 aliphatic heterocycles. The molecule has 1 saturated heterocycles. The monoisotopic (exact) mass is 340 g/mol. The van der Waals surface area contributed by atoms with E-state index >= 15 is 0 Å². The van der Waals surface area contributed by atoms with E-state index in [1.807, 2.05) is 0 Å². The number of likely N-dealkylation sites (tertiary alicyclic amines) is 1. The van der Waals surface area contributed by atoms with E-state index < -0.39 is 0 Å². The summed E-state index contributed by atoms with van der Waals surface area (Å²) in [5.41, 5.74) is 5.98. The van der Waals surface area contributed by atoms with Crippen molar-refractivity contribution in [2.75, 3.05) is 13.6 Å². The topological polar surface area (TPSA) is 71.2 Å². The summed E-state index contributed by atoms with van der Waals surface area (Å²) in [4.78, 5) is 18.5. The van der Waals surface area contributed by atoms with E-state index in [0.29, 0.717) is 18.3 Å². The molecule has 116 valence electrons. The Balaban J connectivity index is 0.00000180. The van der Waals surface area contributed by atoms with Gasteiger partial charge in [-0.15, -0.1) is 36.2 Å². The molecule has 1 fully saturated rings.